The summed E-state index contributed by atoms with van der Waals surface area (Å²) in [6, 6.07) is 12.7. The molecule has 1 heterocycles. The van der Waals surface area contributed by atoms with E-state index in [4.69, 9.17) is 9.47 Å². The predicted molar refractivity (Wildman–Crippen MR) is 94.2 cm³/mol. The Hall–Kier alpha value is -3.02. The minimum Gasteiger partial charge on any atom is -0.497 e. The van der Waals surface area contributed by atoms with Crippen molar-refractivity contribution < 1.29 is 19.1 Å². The lowest BCUT2D eigenvalue weighted by atomic mass is 10.1. The number of carbonyl (C=O) groups excluding carboxylic acids is 2. The van der Waals surface area contributed by atoms with E-state index in [-0.39, 0.29) is 11.8 Å². The SMILES string of the molecule is COc1ccc(CCNC(=O)c2ccc3c(c2)NC(=O)C(C)O3)cc1. The first-order chi connectivity index (χ1) is 12.1. The number of fused-ring (bicyclic) bond motifs is 1. The van der Waals surface area contributed by atoms with Gasteiger partial charge < -0.3 is 20.1 Å². The van der Waals surface area contributed by atoms with Crippen LogP contribution in [0.25, 0.3) is 0 Å². The van der Waals surface area contributed by atoms with Crippen molar-refractivity contribution in [2.45, 2.75) is 19.4 Å². The van der Waals surface area contributed by atoms with Crippen LogP contribution >= 0.6 is 0 Å². The minimum absolute atomic E-state index is 0.191. The molecule has 6 heteroatoms. The Kier molecular flexibility index (Phi) is 4.88. The van der Waals surface area contributed by atoms with Crippen molar-refractivity contribution >= 4 is 17.5 Å². The van der Waals surface area contributed by atoms with Gasteiger partial charge in [0.2, 0.25) is 0 Å². The fraction of sp³-hybridized carbons (Fsp3) is 0.263. The molecule has 1 aliphatic rings. The van der Waals surface area contributed by atoms with Crippen molar-refractivity contribution in [3.8, 4) is 11.5 Å². The molecule has 2 aromatic rings. The third-order valence-corrected chi connectivity index (χ3v) is 4.03. The van der Waals surface area contributed by atoms with Crippen molar-refractivity contribution in [3.63, 3.8) is 0 Å². The summed E-state index contributed by atoms with van der Waals surface area (Å²) in [6.45, 7) is 2.19. The molecule has 1 unspecified atom stereocenters. The second-order valence-electron chi connectivity index (χ2n) is 5.81. The van der Waals surface area contributed by atoms with E-state index in [9.17, 15) is 9.59 Å². The van der Waals surface area contributed by atoms with Gasteiger partial charge in [-0.1, -0.05) is 12.1 Å². The fourth-order valence-corrected chi connectivity index (χ4v) is 2.56. The highest BCUT2D eigenvalue weighted by atomic mass is 16.5. The van der Waals surface area contributed by atoms with Gasteiger partial charge in [0.15, 0.2) is 6.10 Å². The third kappa shape index (κ3) is 3.91. The fourth-order valence-electron chi connectivity index (χ4n) is 2.56. The summed E-state index contributed by atoms with van der Waals surface area (Å²) in [4.78, 5) is 23.9. The molecule has 0 saturated carbocycles. The summed E-state index contributed by atoms with van der Waals surface area (Å²) in [5, 5.41) is 5.62. The molecule has 3 rings (SSSR count). The lowest BCUT2D eigenvalue weighted by Crippen LogP contribution is -2.34. The largest absolute Gasteiger partial charge is 0.497 e. The average Bonchev–Trinajstić information content (AvgIpc) is 2.63. The molecule has 2 N–H and O–H groups in total. The van der Waals surface area contributed by atoms with Gasteiger partial charge in [-0.25, -0.2) is 0 Å². The number of amides is 2. The lowest BCUT2D eigenvalue weighted by molar-refractivity contribution is -0.122. The lowest BCUT2D eigenvalue weighted by Gasteiger charge is -2.23. The normalized spacial score (nSPS) is 15.6. The van der Waals surface area contributed by atoms with E-state index in [0.29, 0.717) is 23.5 Å². The second kappa shape index (κ2) is 7.25. The van der Waals surface area contributed by atoms with E-state index in [1.54, 1.807) is 32.2 Å². The zero-order valence-corrected chi connectivity index (χ0v) is 14.2. The van der Waals surface area contributed by atoms with Crippen LogP contribution in [0.4, 0.5) is 5.69 Å². The number of rotatable bonds is 5. The number of hydrogen-bond donors (Lipinski definition) is 2. The number of ether oxygens (including phenoxy) is 2. The van der Waals surface area contributed by atoms with Gasteiger partial charge in [-0.05, 0) is 49.2 Å². The van der Waals surface area contributed by atoms with E-state index in [1.807, 2.05) is 24.3 Å². The highest BCUT2D eigenvalue weighted by Gasteiger charge is 2.24. The van der Waals surface area contributed by atoms with Crippen LogP contribution in [-0.2, 0) is 11.2 Å². The van der Waals surface area contributed by atoms with Crippen LogP contribution in [0.3, 0.4) is 0 Å². The minimum atomic E-state index is -0.531. The Labute approximate surface area is 146 Å². The Balaban J connectivity index is 1.58. The van der Waals surface area contributed by atoms with Crippen molar-refractivity contribution in [1.82, 2.24) is 5.32 Å². The number of benzene rings is 2. The van der Waals surface area contributed by atoms with Gasteiger partial charge >= 0.3 is 0 Å². The van der Waals surface area contributed by atoms with Gasteiger partial charge in [0, 0.05) is 12.1 Å². The maximum Gasteiger partial charge on any atom is 0.265 e. The molecule has 0 bridgehead atoms. The molecule has 130 valence electrons. The topological polar surface area (TPSA) is 76.7 Å². The molecule has 25 heavy (non-hydrogen) atoms. The molecule has 6 nitrogen and oxygen atoms in total. The van der Waals surface area contributed by atoms with Gasteiger partial charge in [0.05, 0.1) is 12.8 Å². The first-order valence-corrected chi connectivity index (χ1v) is 8.09. The van der Waals surface area contributed by atoms with Crippen molar-refractivity contribution in [3.05, 3.63) is 53.6 Å². The molecule has 0 spiro atoms. The van der Waals surface area contributed by atoms with Crippen molar-refractivity contribution in [1.29, 1.82) is 0 Å². The van der Waals surface area contributed by atoms with E-state index >= 15 is 0 Å². The van der Waals surface area contributed by atoms with E-state index in [2.05, 4.69) is 10.6 Å². The summed E-state index contributed by atoms with van der Waals surface area (Å²) < 4.78 is 10.6. The van der Waals surface area contributed by atoms with Gasteiger partial charge in [-0.3, -0.25) is 9.59 Å². The Morgan fingerprint density at radius 1 is 1.24 bits per heavy atom. The average molecular weight is 340 g/mol. The molecule has 2 aromatic carbocycles. The number of nitrogens with one attached hydrogen (secondary N) is 2. The molecule has 0 radical (unpaired) electrons. The predicted octanol–water partition coefficient (Wildman–Crippen LogP) is 2.39. The molecule has 1 aliphatic heterocycles. The quantitative estimate of drug-likeness (QED) is 0.876. The molecule has 0 aliphatic carbocycles. The number of anilines is 1. The molecule has 0 saturated heterocycles. The number of carbonyl (C=O) groups is 2. The van der Waals surface area contributed by atoms with Crippen LogP contribution < -0.4 is 20.1 Å². The van der Waals surface area contributed by atoms with Crippen molar-refractivity contribution in [2.75, 3.05) is 19.0 Å². The number of methoxy groups -OCH3 is 1. The smallest absolute Gasteiger partial charge is 0.265 e. The summed E-state index contributed by atoms with van der Waals surface area (Å²) in [7, 11) is 1.63. The summed E-state index contributed by atoms with van der Waals surface area (Å²) in [5.74, 6) is 0.969. The van der Waals surface area contributed by atoms with E-state index < -0.39 is 6.10 Å². The van der Waals surface area contributed by atoms with Crippen LogP contribution in [0.5, 0.6) is 11.5 Å². The Bertz CT molecular complexity index is 787. The van der Waals surface area contributed by atoms with Crippen LogP contribution in [0, 0.1) is 0 Å². The van der Waals surface area contributed by atoms with Crippen molar-refractivity contribution in [2.24, 2.45) is 0 Å². The highest BCUT2D eigenvalue weighted by molar-refractivity contribution is 6.00. The zero-order chi connectivity index (χ0) is 17.8. The Morgan fingerprint density at radius 3 is 2.72 bits per heavy atom. The molecular formula is C19H20N2O4. The maximum absolute atomic E-state index is 12.3. The first kappa shape index (κ1) is 16.8. The van der Waals surface area contributed by atoms with E-state index in [1.165, 1.54) is 0 Å². The zero-order valence-electron chi connectivity index (χ0n) is 14.2. The first-order valence-electron chi connectivity index (χ1n) is 8.09. The van der Waals surface area contributed by atoms with Crippen LogP contribution in [0.1, 0.15) is 22.8 Å². The maximum atomic E-state index is 12.3. The summed E-state index contributed by atoms with van der Waals surface area (Å²) in [6.07, 6.45) is 0.189. The summed E-state index contributed by atoms with van der Waals surface area (Å²) in [5.41, 5.74) is 2.11. The Morgan fingerprint density at radius 2 is 2.00 bits per heavy atom. The van der Waals surface area contributed by atoms with Crippen LogP contribution in [0.15, 0.2) is 42.5 Å². The molecule has 1 atom stereocenters. The second-order valence-corrected chi connectivity index (χ2v) is 5.81. The molecule has 0 aromatic heterocycles. The monoisotopic (exact) mass is 340 g/mol. The van der Waals surface area contributed by atoms with Crippen LogP contribution in [0.2, 0.25) is 0 Å². The standard InChI is InChI=1S/C19H20N2O4/c1-12-18(22)21-16-11-14(5-8-17(16)25-12)19(23)20-10-9-13-3-6-15(24-2)7-4-13/h3-8,11-12H,9-10H2,1-2H3,(H,20,23)(H,21,22). The van der Waals surface area contributed by atoms with Crippen LogP contribution in [-0.4, -0.2) is 31.6 Å². The highest BCUT2D eigenvalue weighted by Crippen LogP contribution is 2.30. The third-order valence-electron chi connectivity index (χ3n) is 4.03. The van der Waals surface area contributed by atoms with Gasteiger partial charge in [-0.15, -0.1) is 0 Å². The molecule has 0 fully saturated rings. The summed E-state index contributed by atoms with van der Waals surface area (Å²) >= 11 is 0. The van der Waals surface area contributed by atoms with Gasteiger partial charge in [0.1, 0.15) is 11.5 Å². The molecular weight excluding hydrogens is 320 g/mol. The van der Waals surface area contributed by atoms with Gasteiger partial charge in [0.25, 0.3) is 11.8 Å². The van der Waals surface area contributed by atoms with Gasteiger partial charge in [-0.2, -0.15) is 0 Å². The molecule has 2 amide bonds. The van der Waals surface area contributed by atoms with E-state index in [0.717, 1.165) is 17.7 Å². The number of hydrogen-bond acceptors (Lipinski definition) is 4.